The molecule has 0 aliphatic carbocycles. The molecule has 0 fully saturated rings. The van der Waals surface area contributed by atoms with Gasteiger partial charge in [-0.1, -0.05) is 35.9 Å². The quantitative estimate of drug-likeness (QED) is 0.450. The average molecular weight is 254 g/mol. The molecule has 86 valence electrons. The molecule has 0 radical (unpaired) electrons. The molecule has 2 heterocycles. The highest BCUT2D eigenvalue weighted by Crippen LogP contribution is 2.37. The van der Waals surface area contributed by atoms with E-state index in [0.29, 0.717) is 5.02 Å². The Kier molecular flexibility index (Phi) is 1.91. The van der Waals surface area contributed by atoms with Gasteiger partial charge >= 0.3 is 0 Å². The highest BCUT2D eigenvalue weighted by molar-refractivity contribution is 6.41. The van der Waals surface area contributed by atoms with Gasteiger partial charge in [-0.3, -0.25) is 4.98 Å². The maximum Gasteiger partial charge on any atom is 0.154 e. The zero-order valence-corrected chi connectivity index (χ0v) is 10.1. The molecule has 3 heteroatoms. The van der Waals surface area contributed by atoms with Crippen molar-refractivity contribution in [2.24, 2.45) is 0 Å². The Bertz CT molecular complexity index is 895. The van der Waals surface area contributed by atoms with Crippen LogP contribution in [-0.2, 0) is 0 Å². The normalized spacial score (nSPS) is 11.6. The number of rotatable bonds is 0. The largest absolute Gasteiger partial charge is 0.453 e. The van der Waals surface area contributed by atoms with E-state index in [1.807, 2.05) is 24.3 Å². The van der Waals surface area contributed by atoms with Crippen molar-refractivity contribution in [1.29, 1.82) is 0 Å². The molecule has 0 spiro atoms. The molecule has 0 bridgehead atoms. The number of nitrogens with zero attached hydrogens (tertiary/aromatic N) is 1. The third kappa shape index (κ3) is 1.21. The van der Waals surface area contributed by atoms with Crippen molar-refractivity contribution in [3.8, 4) is 0 Å². The lowest BCUT2D eigenvalue weighted by Crippen LogP contribution is -1.75. The van der Waals surface area contributed by atoms with Gasteiger partial charge in [-0.05, 0) is 17.5 Å². The van der Waals surface area contributed by atoms with Gasteiger partial charge < -0.3 is 4.42 Å². The van der Waals surface area contributed by atoms with Crippen LogP contribution < -0.4 is 0 Å². The molecule has 0 amide bonds. The van der Waals surface area contributed by atoms with Crippen LogP contribution in [0.1, 0.15) is 0 Å². The number of hydrogen-bond donors (Lipinski definition) is 0. The molecule has 0 aliphatic rings. The molecule has 0 unspecified atom stereocenters. The van der Waals surface area contributed by atoms with E-state index in [4.69, 9.17) is 16.0 Å². The number of hydrogen-bond acceptors (Lipinski definition) is 2. The van der Waals surface area contributed by atoms with Crippen molar-refractivity contribution in [2.75, 3.05) is 0 Å². The van der Waals surface area contributed by atoms with Crippen LogP contribution in [0, 0.1) is 0 Å². The molecule has 0 atom stereocenters. The van der Waals surface area contributed by atoms with Crippen molar-refractivity contribution in [1.82, 2.24) is 4.98 Å². The highest BCUT2D eigenvalue weighted by atomic mass is 35.5. The number of halogens is 1. The van der Waals surface area contributed by atoms with Crippen LogP contribution in [0.4, 0.5) is 0 Å². The maximum absolute atomic E-state index is 6.43. The Morgan fingerprint density at radius 1 is 1.00 bits per heavy atom. The summed E-state index contributed by atoms with van der Waals surface area (Å²) in [6.45, 7) is 0. The molecule has 0 N–H and O–H groups in total. The number of aromatic nitrogens is 1. The Labute approximate surface area is 108 Å². The molecule has 2 aromatic carbocycles. The summed E-state index contributed by atoms with van der Waals surface area (Å²) in [4.78, 5) is 4.07. The number of fused-ring (bicyclic) bond motifs is 4. The smallest absolute Gasteiger partial charge is 0.154 e. The monoisotopic (exact) mass is 253 g/mol. The fourth-order valence-corrected chi connectivity index (χ4v) is 2.69. The van der Waals surface area contributed by atoms with Crippen molar-refractivity contribution >= 4 is 44.3 Å². The molecule has 4 aromatic rings. The van der Waals surface area contributed by atoms with E-state index in [1.165, 1.54) is 0 Å². The van der Waals surface area contributed by atoms with Gasteiger partial charge in [-0.15, -0.1) is 0 Å². The second-order valence-electron chi connectivity index (χ2n) is 4.26. The minimum Gasteiger partial charge on any atom is -0.453 e. The molecule has 0 saturated heterocycles. The molecule has 0 aliphatic heterocycles. The first-order chi connectivity index (χ1) is 8.84. The maximum atomic E-state index is 6.43. The predicted molar refractivity (Wildman–Crippen MR) is 74.0 cm³/mol. The Hall–Kier alpha value is -2.06. The summed E-state index contributed by atoms with van der Waals surface area (Å²) in [7, 11) is 0. The summed E-state index contributed by atoms with van der Waals surface area (Å²) in [5.41, 5.74) is 1.50. The zero-order chi connectivity index (χ0) is 12.1. The van der Waals surface area contributed by atoms with Gasteiger partial charge in [0.15, 0.2) is 11.2 Å². The van der Waals surface area contributed by atoms with Crippen LogP contribution in [0.2, 0.25) is 5.02 Å². The Balaban J connectivity index is 2.33. The third-order valence-corrected chi connectivity index (χ3v) is 3.60. The number of benzene rings is 2. The molecule has 4 rings (SSSR count). The fraction of sp³-hybridized carbons (Fsp3) is 0. The first-order valence-corrected chi connectivity index (χ1v) is 6.06. The highest BCUT2D eigenvalue weighted by Gasteiger charge is 2.12. The van der Waals surface area contributed by atoms with Crippen LogP contribution in [0.5, 0.6) is 0 Å². The van der Waals surface area contributed by atoms with Crippen LogP contribution in [0.25, 0.3) is 32.7 Å². The van der Waals surface area contributed by atoms with Crippen LogP contribution in [-0.4, -0.2) is 4.98 Å². The molecule has 18 heavy (non-hydrogen) atoms. The van der Waals surface area contributed by atoms with E-state index in [1.54, 1.807) is 12.4 Å². The summed E-state index contributed by atoms with van der Waals surface area (Å²) >= 11 is 6.43. The lowest BCUT2D eigenvalue weighted by molar-refractivity contribution is 0.667. The minimum absolute atomic E-state index is 0.666. The molecule has 2 aromatic heterocycles. The molecule has 2 nitrogen and oxygen atoms in total. The van der Waals surface area contributed by atoms with Gasteiger partial charge in [0.25, 0.3) is 0 Å². The summed E-state index contributed by atoms with van der Waals surface area (Å²) < 4.78 is 5.80. The Morgan fingerprint density at radius 3 is 2.83 bits per heavy atom. The summed E-state index contributed by atoms with van der Waals surface area (Å²) in [6.07, 6.45) is 3.48. The van der Waals surface area contributed by atoms with Gasteiger partial charge in [0.1, 0.15) is 0 Å². The third-order valence-electron chi connectivity index (χ3n) is 3.23. The number of furan rings is 1. The van der Waals surface area contributed by atoms with Gasteiger partial charge in [-0.2, -0.15) is 0 Å². The lowest BCUT2D eigenvalue weighted by Gasteiger charge is -2.00. The van der Waals surface area contributed by atoms with Gasteiger partial charge in [0, 0.05) is 22.4 Å². The van der Waals surface area contributed by atoms with Crippen LogP contribution in [0.15, 0.2) is 53.2 Å². The predicted octanol–water partition coefficient (Wildman–Crippen LogP) is 4.79. The first-order valence-electron chi connectivity index (χ1n) is 5.68. The van der Waals surface area contributed by atoms with Crippen molar-refractivity contribution in [3.05, 3.63) is 53.8 Å². The standard InChI is InChI=1S/C15H8ClNO/c16-14-10-4-2-1-3-9(10)7-12-11-5-6-17-8-13(11)18-15(12)14/h1-8H. The minimum atomic E-state index is 0.666. The van der Waals surface area contributed by atoms with Crippen LogP contribution >= 0.6 is 11.6 Å². The molecular weight excluding hydrogens is 246 g/mol. The second kappa shape index (κ2) is 3.47. The van der Waals surface area contributed by atoms with Crippen LogP contribution in [0.3, 0.4) is 0 Å². The topological polar surface area (TPSA) is 26.0 Å². The van der Waals surface area contributed by atoms with E-state index in [2.05, 4.69) is 17.1 Å². The Morgan fingerprint density at radius 2 is 1.89 bits per heavy atom. The lowest BCUT2D eigenvalue weighted by atomic mass is 10.1. The summed E-state index contributed by atoms with van der Waals surface area (Å²) in [6, 6.07) is 12.1. The van der Waals surface area contributed by atoms with E-state index in [0.717, 1.165) is 32.7 Å². The second-order valence-corrected chi connectivity index (χ2v) is 4.64. The fourth-order valence-electron chi connectivity index (χ4n) is 2.38. The number of pyridine rings is 1. The van der Waals surface area contributed by atoms with E-state index in [-0.39, 0.29) is 0 Å². The van der Waals surface area contributed by atoms with Gasteiger partial charge in [0.2, 0.25) is 0 Å². The van der Waals surface area contributed by atoms with Crippen molar-refractivity contribution < 1.29 is 4.42 Å². The average Bonchev–Trinajstić information content (AvgIpc) is 2.79. The summed E-state index contributed by atoms with van der Waals surface area (Å²) in [5.74, 6) is 0. The summed E-state index contributed by atoms with van der Waals surface area (Å²) in [5, 5.41) is 4.89. The van der Waals surface area contributed by atoms with Gasteiger partial charge in [-0.25, -0.2) is 0 Å². The SMILES string of the molecule is Clc1c2ccccc2cc2c1oc1cnccc12. The van der Waals surface area contributed by atoms with Crippen molar-refractivity contribution in [3.63, 3.8) is 0 Å². The van der Waals surface area contributed by atoms with E-state index < -0.39 is 0 Å². The van der Waals surface area contributed by atoms with E-state index in [9.17, 15) is 0 Å². The first kappa shape index (κ1) is 9.92. The molecular formula is C15H8ClNO. The zero-order valence-electron chi connectivity index (χ0n) is 9.35. The molecule has 0 saturated carbocycles. The van der Waals surface area contributed by atoms with Gasteiger partial charge in [0.05, 0.1) is 11.2 Å². The van der Waals surface area contributed by atoms with Crippen molar-refractivity contribution in [2.45, 2.75) is 0 Å². The van der Waals surface area contributed by atoms with E-state index >= 15 is 0 Å².